The second-order valence-corrected chi connectivity index (χ2v) is 5.32. The van der Waals surface area contributed by atoms with E-state index in [-0.39, 0.29) is 0 Å². The molecular formula is C14H15F3N2O6. The van der Waals surface area contributed by atoms with Crippen molar-refractivity contribution in [2.45, 2.75) is 38.3 Å². The van der Waals surface area contributed by atoms with Gasteiger partial charge in [0.05, 0.1) is 17.1 Å². The molecule has 1 heterocycles. The molecule has 1 saturated heterocycles. The fraction of sp³-hybridized carbons (Fsp3) is 0.500. The van der Waals surface area contributed by atoms with Gasteiger partial charge in [0.25, 0.3) is 5.69 Å². The Morgan fingerprint density at radius 1 is 1.44 bits per heavy atom. The fourth-order valence-electron chi connectivity index (χ4n) is 2.41. The van der Waals surface area contributed by atoms with Gasteiger partial charge in [0.15, 0.2) is 6.29 Å². The first-order valence-corrected chi connectivity index (χ1v) is 7.30. The van der Waals surface area contributed by atoms with Crippen molar-refractivity contribution in [3.8, 4) is 0 Å². The Kier molecular flexibility index (Phi) is 5.80. The minimum atomic E-state index is -4.86. The summed E-state index contributed by atoms with van der Waals surface area (Å²) in [6, 6.07) is 1.06. The number of benzene rings is 1. The van der Waals surface area contributed by atoms with Gasteiger partial charge in [-0.15, -0.1) is 0 Å². The molecule has 1 amide bonds. The molecule has 0 spiro atoms. The molecule has 11 heteroatoms. The Balaban J connectivity index is 2.36. The van der Waals surface area contributed by atoms with Crippen LogP contribution < -0.4 is 5.32 Å². The molecule has 25 heavy (non-hydrogen) atoms. The molecular weight excluding hydrogens is 349 g/mol. The lowest BCUT2D eigenvalue weighted by molar-refractivity contribution is -0.384. The van der Waals surface area contributed by atoms with Gasteiger partial charge in [-0.1, -0.05) is 0 Å². The van der Waals surface area contributed by atoms with E-state index in [1.165, 1.54) is 0 Å². The number of rotatable bonds is 5. The maximum absolute atomic E-state index is 13.2. The molecule has 1 aromatic carbocycles. The number of ether oxygens (including phenoxy) is 2. The number of nitrogens with zero attached hydrogens (tertiary/aromatic N) is 1. The van der Waals surface area contributed by atoms with Crippen LogP contribution in [0.1, 0.15) is 30.4 Å². The lowest BCUT2D eigenvalue weighted by atomic mass is 10.0. The molecule has 138 valence electrons. The van der Waals surface area contributed by atoms with E-state index in [1.807, 2.05) is 0 Å². The molecule has 0 aromatic heterocycles. The zero-order valence-corrected chi connectivity index (χ0v) is 12.8. The van der Waals surface area contributed by atoms with Crippen LogP contribution >= 0.6 is 0 Å². The number of nitro groups is 1. The van der Waals surface area contributed by atoms with Gasteiger partial charge in [0, 0.05) is 12.7 Å². The number of hydrogen-bond donors (Lipinski definition) is 2. The van der Waals surface area contributed by atoms with E-state index in [2.05, 4.69) is 0 Å². The number of anilines is 1. The van der Waals surface area contributed by atoms with E-state index in [0.717, 1.165) is 18.9 Å². The minimum Gasteiger partial charge on any atom is -0.465 e. The number of carbonyl (C=O) groups is 1. The molecule has 0 bridgehead atoms. The van der Waals surface area contributed by atoms with Crippen LogP contribution in [0.4, 0.5) is 29.3 Å². The molecule has 1 unspecified atom stereocenters. The standard InChI is InChI=1S/C14H15F3N2O6/c15-14(16,17)9-6-11(19(22)23)10(18-13(20)21)5-8(9)7-25-12-3-1-2-4-24-12/h5-6,12,18H,1-4,7H2,(H,20,21). The van der Waals surface area contributed by atoms with Crippen molar-refractivity contribution in [2.75, 3.05) is 11.9 Å². The molecule has 2 rings (SSSR count). The number of carboxylic acid groups (broad SMARTS) is 1. The van der Waals surface area contributed by atoms with Gasteiger partial charge in [-0.3, -0.25) is 15.4 Å². The highest BCUT2D eigenvalue weighted by molar-refractivity contribution is 5.86. The minimum absolute atomic E-state index is 0.297. The number of nitrogens with one attached hydrogen (secondary N) is 1. The summed E-state index contributed by atoms with van der Waals surface area (Å²) in [6.45, 7) is -0.0886. The molecule has 0 saturated carbocycles. The van der Waals surface area contributed by atoms with Gasteiger partial charge in [-0.2, -0.15) is 13.2 Å². The summed E-state index contributed by atoms with van der Waals surface area (Å²) in [4.78, 5) is 20.6. The highest BCUT2D eigenvalue weighted by atomic mass is 19.4. The van der Waals surface area contributed by atoms with Crippen LogP contribution in [-0.4, -0.2) is 29.0 Å². The van der Waals surface area contributed by atoms with E-state index < -0.39 is 52.6 Å². The Hall–Kier alpha value is -2.40. The van der Waals surface area contributed by atoms with E-state index in [1.54, 1.807) is 5.32 Å². The van der Waals surface area contributed by atoms with Gasteiger partial charge >= 0.3 is 12.3 Å². The molecule has 1 aliphatic heterocycles. The average molecular weight is 364 g/mol. The van der Waals surface area contributed by atoms with Crippen molar-refractivity contribution < 1.29 is 37.5 Å². The molecule has 0 aliphatic carbocycles. The van der Waals surface area contributed by atoms with E-state index in [4.69, 9.17) is 14.6 Å². The fourth-order valence-corrected chi connectivity index (χ4v) is 2.41. The smallest absolute Gasteiger partial charge is 0.417 e. The van der Waals surface area contributed by atoms with E-state index >= 15 is 0 Å². The number of hydrogen-bond acceptors (Lipinski definition) is 5. The lowest BCUT2D eigenvalue weighted by Gasteiger charge is -2.23. The number of halogens is 3. The number of alkyl halides is 3. The van der Waals surface area contributed by atoms with Crippen LogP contribution in [-0.2, 0) is 22.3 Å². The summed E-state index contributed by atoms with van der Waals surface area (Å²) in [5.41, 5.74) is -3.23. The Bertz CT molecular complexity index is 659. The van der Waals surface area contributed by atoms with Crippen LogP contribution in [0.2, 0.25) is 0 Å². The van der Waals surface area contributed by atoms with Gasteiger partial charge in [-0.05, 0) is 30.9 Å². The molecule has 1 fully saturated rings. The second kappa shape index (κ2) is 7.66. The Morgan fingerprint density at radius 2 is 2.16 bits per heavy atom. The van der Waals surface area contributed by atoms with Crippen molar-refractivity contribution >= 4 is 17.5 Å². The van der Waals surface area contributed by atoms with Gasteiger partial charge in [0.2, 0.25) is 0 Å². The van der Waals surface area contributed by atoms with Crippen molar-refractivity contribution in [3.05, 3.63) is 33.4 Å². The Morgan fingerprint density at radius 3 is 2.68 bits per heavy atom. The van der Waals surface area contributed by atoms with Gasteiger partial charge in [0.1, 0.15) is 5.69 Å². The first-order chi connectivity index (χ1) is 11.7. The lowest BCUT2D eigenvalue weighted by Crippen LogP contribution is -2.23. The normalized spacial score (nSPS) is 18.0. The van der Waals surface area contributed by atoms with Crippen LogP contribution in [0, 0.1) is 10.1 Å². The van der Waals surface area contributed by atoms with E-state index in [9.17, 15) is 28.1 Å². The molecule has 8 nitrogen and oxygen atoms in total. The van der Waals surface area contributed by atoms with Crippen molar-refractivity contribution in [1.82, 2.24) is 0 Å². The van der Waals surface area contributed by atoms with Gasteiger partial charge < -0.3 is 14.6 Å². The number of nitro benzene ring substituents is 1. The molecule has 0 radical (unpaired) electrons. The predicted octanol–water partition coefficient (Wildman–Crippen LogP) is 3.75. The molecule has 1 aromatic rings. The van der Waals surface area contributed by atoms with Crippen LogP contribution in [0.5, 0.6) is 0 Å². The first kappa shape index (κ1) is 18.9. The Labute approximate surface area is 139 Å². The van der Waals surface area contributed by atoms with Crippen LogP contribution in [0.3, 0.4) is 0 Å². The summed E-state index contributed by atoms with van der Waals surface area (Å²) in [5, 5.41) is 21.4. The molecule has 1 aliphatic rings. The van der Waals surface area contributed by atoms with Crippen molar-refractivity contribution in [3.63, 3.8) is 0 Å². The molecule has 1 atom stereocenters. The summed E-state index contributed by atoms with van der Waals surface area (Å²) in [6.07, 6.45) is -5.00. The zero-order valence-electron chi connectivity index (χ0n) is 12.8. The maximum atomic E-state index is 13.2. The third-order valence-electron chi connectivity index (χ3n) is 3.53. The monoisotopic (exact) mass is 364 g/mol. The van der Waals surface area contributed by atoms with Gasteiger partial charge in [-0.25, -0.2) is 4.79 Å². The first-order valence-electron chi connectivity index (χ1n) is 7.30. The average Bonchev–Trinajstić information content (AvgIpc) is 2.52. The van der Waals surface area contributed by atoms with Crippen molar-refractivity contribution in [1.29, 1.82) is 0 Å². The van der Waals surface area contributed by atoms with Crippen molar-refractivity contribution in [2.24, 2.45) is 0 Å². The van der Waals surface area contributed by atoms with Crippen LogP contribution in [0.25, 0.3) is 0 Å². The zero-order chi connectivity index (χ0) is 18.6. The topological polar surface area (TPSA) is 111 Å². The molecule has 2 N–H and O–H groups in total. The summed E-state index contributed by atoms with van der Waals surface area (Å²) >= 11 is 0. The third kappa shape index (κ3) is 5.03. The second-order valence-electron chi connectivity index (χ2n) is 5.32. The SMILES string of the molecule is O=C(O)Nc1cc(COC2CCCCO2)c(C(F)(F)F)cc1[N+](=O)[O-]. The van der Waals surface area contributed by atoms with Crippen LogP contribution in [0.15, 0.2) is 12.1 Å². The third-order valence-corrected chi connectivity index (χ3v) is 3.53. The highest BCUT2D eigenvalue weighted by Gasteiger charge is 2.36. The summed E-state index contributed by atoms with van der Waals surface area (Å²) in [5.74, 6) is 0. The largest absolute Gasteiger partial charge is 0.465 e. The van der Waals surface area contributed by atoms with E-state index in [0.29, 0.717) is 19.1 Å². The summed E-state index contributed by atoms with van der Waals surface area (Å²) < 4.78 is 50.2. The highest BCUT2D eigenvalue weighted by Crippen LogP contribution is 2.38. The number of amides is 1. The summed E-state index contributed by atoms with van der Waals surface area (Å²) in [7, 11) is 0. The quantitative estimate of drug-likeness (QED) is 0.608. The maximum Gasteiger partial charge on any atom is 0.417 e. The predicted molar refractivity (Wildman–Crippen MR) is 78.1 cm³/mol.